The highest BCUT2D eigenvalue weighted by molar-refractivity contribution is 8.00. The molecule has 126 valence electrons. The summed E-state index contributed by atoms with van der Waals surface area (Å²) < 4.78 is 26.2. The minimum atomic E-state index is -3.35. The summed E-state index contributed by atoms with van der Waals surface area (Å²) in [5, 5.41) is 5.38. The van der Waals surface area contributed by atoms with Gasteiger partial charge in [-0.05, 0) is 44.2 Å². The molecule has 0 amide bonds. The summed E-state index contributed by atoms with van der Waals surface area (Å²) in [5.74, 6) is 0.885. The lowest BCUT2D eigenvalue weighted by Crippen LogP contribution is -2.08. The minimum Gasteiger partial charge on any atom is -0.224 e. The van der Waals surface area contributed by atoms with E-state index in [2.05, 4.69) is 15.1 Å². The van der Waals surface area contributed by atoms with Crippen molar-refractivity contribution in [1.82, 2.24) is 19.6 Å². The largest absolute Gasteiger partial charge is 0.253 e. The van der Waals surface area contributed by atoms with Crippen LogP contribution in [0.15, 0.2) is 40.4 Å². The van der Waals surface area contributed by atoms with Gasteiger partial charge in [0.2, 0.25) is 5.16 Å². The van der Waals surface area contributed by atoms with Crippen molar-refractivity contribution in [2.24, 2.45) is 0 Å². The number of sulfone groups is 1. The zero-order chi connectivity index (χ0) is 17.3. The van der Waals surface area contributed by atoms with Crippen molar-refractivity contribution < 1.29 is 8.42 Å². The fourth-order valence-corrected chi connectivity index (χ4v) is 4.80. The third kappa shape index (κ3) is 3.71. The van der Waals surface area contributed by atoms with Crippen LogP contribution in [0.1, 0.15) is 11.4 Å². The van der Waals surface area contributed by atoms with Crippen LogP contribution >= 0.6 is 23.4 Å². The summed E-state index contributed by atoms with van der Waals surface area (Å²) >= 11 is 7.08. The first-order valence-corrected chi connectivity index (χ1v) is 10.2. The van der Waals surface area contributed by atoms with Gasteiger partial charge >= 0.3 is 0 Å². The normalized spacial score (nSPS) is 12.0. The second kappa shape index (κ2) is 6.70. The highest BCUT2D eigenvalue weighted by Gasteiger charge is 2.15. The average Bonchev–Trinajstić information content (AvgIpc) is 2.90. The Labute approximate surface area is 149 Å². The molecule has 3 rings (SSSR count). The molecule has 6 nitrogen and oxygen atoms in total. The third-order valence-corrected chi connectivity index (χ3v) is 6.44. The molecular weight excluding hydrogens is 368 g/mol. The highest BCUT2D eigenvalue weighted by Crippen LogP contribution is 2.19. The number of halogens is 1. The second-order valence-corrected chi connectivity index (χ2v) is 8.87. The summed E-state index contributed by atoms with van der Waals surface area (Å²) in [7, 11) is -3.35. The summed E-state index contributed by atoms with van der Waals surface area (Å²) in [5.41, 5.74) is 1.81. The molecule has 0 fully saturated rings. The van der Waals surface area contributed by atoms with Crippen LogP contribution in [0, 0.1) is 13.8 Å². The molecule has 24 heavy (non-hydrogen) atoms. The van der Waals surface area contributed by atoms with Crippen LogP contribution in [0.3, 0.4) is 0 Å². The lowest BCUT2D eigenvalue weighted by molar-refractivity contribution is 0.597. The molecule has 0 saturated carbocycles. The van der Waals surface area contributed by atoms with Crippen molar-refractivity contribution in [3.8, 4) is 0 Å². The predicted octanol–water partition coefficient (Wildman–Crippen LogP) is 2.96. The molecule has 2 heterocycles. The van der Waals surface area contributed by atoms with Gasteiger partial charge in [-0.15, -0.1) is 5.10 Å². The first-order chi connectivity index (χ1) is 11.3. The molecular formula is C15H15ClN4O2S2. The van der Waals surface area contributed by atoms with Crippen LogP contribution in [0.5, 0.6) is 0 Å². The van der Waals surface area contributed by atoms with Crippen LogP contribution in [0.25, 0.3) is 5.78 Å². The fraction of sp³-hybridized carbons (Fsp3) is 0.267. The van der Waals surface area contributed by atoms with Crippen molar-refractivity contribution >= 4 is 39.0 Å². The molecule has 0 spiro atoms. The molecule has 2 aromatic heterocycles. The van der Waals surface area contributed by atoms with Crippen LogP contribution in [0.2, 0.25) is 5.02 Å². The number of fused-ring (bicyclic) bond motifs is 1. The van der Waals surface area contributed by atoms with E-state index in [0.29, 0.717) is 21.7 Å². The molecule has 0 saturated heterocycles. The molecule has 3 aromatic rings. The van der Waals surface area contributed by atoms with Crippen molar-refractivity contribution in [3.63, 3.8) is 0 Å². The van der Waals surface area contributed by atoms with Gasteiger partial charge < -0.3 is 0 Å². The van der Waals surface area contributed by atoms with E-state index in [4.69, 9.17) is 11.6 Å². The Morgan fingerprint density at radius 1 is 1.17 bits per heavy atom. The zero-order valence-electron chi connectivity index (χ0n) is 13.1. The zero-order valence-corrected chi connectivity index (χ0v) is 15.5. The molecule has 0 aliphatic heterocycles. The summed E-state index contributed by atoms with van der Waals surface area (Å²) in [6.45, 7) is 3.82. The van der Waals surface area contributed by atoms with Crippen molar-refractivity contribution in [3.05, 3.63) is 46.7 Å². The van der Waals surface area contributed by atoms with Gasteiger partial charge in [0.1, 0.15) is 0 Å². The van der Waals surface area contributed by atoms with E-state index in [0.717, 1.165) is 11.4 Å². The number of aryl methyl sites for hydroxylation is 2. The molecule has 0 bridgehead atoms. The van der Waals surface area contributed by atoms with E-state index in [1.165, 1.54) is 23.9 Å². The van der Waals surface area contributed by atoms with Crippen LogP contribution in [-0.2, 0) is 9.84 Å². The van der Waals surface area contributed by atoms with Gasteiger partial charge in [0.05, 0.1) is 10.6 Å². The van der Waals surface area contributed by atoms with E-state index < -0.39 is 9.84 Å². The van der Waals surface area contributed by atoms with Crippen molar-refractivity contribution in [1.29, 1.82) is 0 Å². The van der Waals surface area contributed by atoms with Gasteiger partial charge in [-0.25, -0.2) is 17.9 Å². The van der Waals surface area contributed by atoms with E-state index >= 15 is 0 Å². The highest BCUT2D eigenvalue weighted by atomic mass is 35.5. The maximum Gasteiger partial charge on any atom is 0.253 e. The van der Waals surface area contributed by atoms with E-state index in [9.17, 15) is 8.42 Å². The van der Waals surface area contributed by atoms with Gasteiger partial charge in [-0.2, -0.15) is 4.98 Å². The quantitative estimate of drug-likeness (QED) is 0.631. The molecule has 0 aliphatic rings. The molecule has 0 unspecified atom stereocenters. The molecule has 0 aliphatic carbocycles. The maximum absolute atomic E-state index is 12.3. The number of hydrogen-bond acceptors (Lipinski definition) is 6. The minimum absolute atomic E-state index is 0.000287. The maximum atomic E-state index is 12.3. The lowest BCUT2D eigenvalue weighted by Gasteiger charge is -2.03. The SMILES string of the molecule is Cc1cc(C)n2nc(SCCS(=O)(=O)c3ccc(Cl)cc3)nc2n1. The Morgan fingerprint density at radius 3 is 2.58 bits per heavy atom. The average molecular weight is 383 g/mol. The summed E-state index contributed by atoms with van der Waals surface area (Å²) in [6.07, 6.45) is 0. The number of rotatable bonds is 5. The van der Waals surface area contributed by atoms with Gasteiger partial charge in [-0.1, -0.05) is 23.4 Å². The first-order valence-electron chi connectivity index (χ1n) is 7.17. The van der Waals surface area contributed by atoms with Crippen LogP contribution in [-0.4, -0.2) is 39.5 Å². The summed E-state index contributed by atoms with van der Waals surface area (Å²) in [6, 6.07) is 8.09. The van der Waals surface area contributed by atoms with E-state index in [-0.39, 0.29) is 10.6 Å². The second-order valence-electron chi connectivity index (χ2n) is 5.27. The smallest absolute Gasteiger partial charge is 0.224 e. The fourth-order valence-electron chi connectivity index (χ4n) is 2.21. The molecule has 0 N–H and O–H groups in total. The Hall–Kier alpha value is -1.64. The number of thioether (sulfide) groups is 1. The number of benzene rings is 1. The van der Waals surface area contributed by atoms with Crippen molar-refractivity contribution in [2.45, 2.75) is 23.9 Å². The van der Waals surface area contributed by atoms with Gasteiger partial charge in [0.25, 0.3) is 5.78 Å². The number of hydrogen-bond donors (Lipinski definition) is 0. The number of aromatic nitrogens is 4. The molecule has 9 heteroatoms. The Bertz CT molecular complexity index is 985. The molecule has 0 atom stereocenters. The monoisotopic (exact) mass is 382 g/mol. The van der Waals surface area contributed by atoms with Gasteiger partial charge in [-0.3, -0.25) is 0 Å². The van der Waals surface area contributed by atoms with Crippen molar-refractivity contribution in [2.75, 3.05) is 11.5 Å². The molecule has 0 radical (unpaired) electrons. The van der Waals surface area contributed by atoms with Gasteiger partial charge in [0, 0.05) is 22.2 Å². The summed E-state index contributed by atoms with van der Waals surface area (Å²) in [4.78, 5) is 8.91. The number of nitrogens with zero attached hydrogens (tertiary/aromatic N) is 4. The Balaban J connectivity index is 1.70. The first kappa shape index (κ1) is 17.2. The third-order valence-electron chi connectivity index (χ3n) is 3.35. The van der Waals surface area contributed by atoms with Crippen LogP contribution in [0.4, 0.5) is 0 Å². The van der Waals surface area contributed by atoms with Crippen LogP contribution < -0.4 is 0 Å². The Morgan fingerprint density at radius 2 is 1.88 bits per heavy atom. The van der Waals surface area contributed by atoms with E-state index in [1.54, 1.807) is 16.6 Å². The molecule has 1 aromatic carbocycles. The standard InChI is InChI=1S/C15H15ClN4O2S2/c1-10-9-11(2)20-14(17-10)18-15(19-20)23-7-8-24(21,22)13-5-3-12(16)4-6-13/h3-6,9H,7-8H2,1-2H3. The lowest BCUT2D eigenvalue weighted by atomic mass is 10.4. The van der Waals surface area contributed by atoms with Gasteiger partial charge in [0.15, 0.2) is 9.84 Å². The van der Waals surface area contributed by atoms with E-state index in [1.807, 2.05) is 19.9 Å². The topological polar surface area (TPSA) is 77.2 Å². The Kier molecular flexibility index (Phi) is 4.80. The predicted molar refractivity (Wildman–Crippen MR) is 94.5 cm³/mol.